The van der Waals surface area contributed by atoms with E-state index in [1.54, 1.807) is 66.8 Å². The van der Waals surface area contributed by atoms with Crippen LogP contribution >= 0.6 is 23.2 Å². The van der Waals surface area contributed by atoms with Gasteiger partial charge in [0, 0.05) is 41.6 Å². The first-order valence-electron chi connectivity index (χ1n) is 7.77. The molecule has 7 heteroatoms. The second-order valence-electron chi connectivity index (χ2n) is 5.55. The van der Waals surface area contributed by atoms with Gasteiger partial charge in [0.1, 0.15) is 5.75 Å². The van der Waals surface area contributed by atoms with Crippen LogP contribution in [0.4, 0.5) is 0 Å². The van der Waals surface area contributed by atoms with Gasteiger partial charge in [0.05, 0.1) is 0 Å². The van der Waals surface area contributed by atoms with Gasteiger partial charge >= 0.3 is 6.01 Å². The number of hydrogen-bond donors (Lipinski definition) is 0. The van der Waals surface area contributed by atoms with Gasteiger partial charge < -0.3 is 9.64 Å². The number of hydrogen-bond acceptors (Lipinski definition) is 4. The van der Waals surface area contributed by atoms with Crippen LogP contribution in [-0.4, -0.2) is 27.8 Å². The van der Waals surface area contributed by atoms with Crippen LogP contribution in [0.3, 0.4) is 0 Å². The quantitative estimate of drug-likeness (QED) is 0.627. The Morgan fingerprint density at radius 2 is 1.77 bits per heavy atom. The topological polar surface area (TPSA) is 55.3 Å². The third-order valence-corrected chi connectivity index (χ3v) is 4.21. The summed E-state index contributed by atoms with van der Waals surface area (Å²) in [5.74, 6) is 0.426. The molecular formula is C19H15Cl2N3O2. The van der Waals surface area contributed by atoms with Gasteiger partial charge in [-0.2, -0.15) is 0 Å². The van der Waals surface area contributed by atoms with Gasteiger partial charge in [-0.1, -0.05) is 29.3 Å². The Labute approximate surface area is 161 Å². The summed E-state index contributed by atoms with van der Waals surface area (Å²) in [7, 11) is 1.72. The van der Waals surface area contributed by atoms with E-state index in [9.17, 15) is 4.79 Å². The molecule has 1 aromatic heterocycles. The first-order chi connectivity index (χ1) is 12.5. The van der Waals surface area contributed by atoms with Crippen molar-refractivity contribution in [1.82, 2.24) is 14.9 Å². The van der Waals surface area contributed by atoms with Crippen LogP contribution in [0, 0.1) is 0 Å². The van der Waals surface area contributed by atoms with Crippen molar-refractivity contribution in [1.29, 1.82) is 0 Å². The fourth-order valence-electron chi connectivity index (χ4n) is 2.31. The standard InChI is InChI=1S/C19H15Cl2N3O2/c1-24(12-14-3-6-15(20)11-17(14)21)18(25)13-4-7-16(8-5-13)26-19-22-9-2-10-23-19/h2-11H,12H2,1H3. The van der Waals surface area contributed by atoms with Gasteiger partial charge in [-0.25, -0.2) is 9.97 Å². The zero-order valence-electron chi connectivity index (χ0n) is 13.9. The minimum absolute atomic E-state index is 0.126. The molecule has 2 aromatic carbocycles. The first-order valence-corrected chi connectivity index (χ1v) is 8.53. The van der Waals surface area contributed by atoms with E-state index in [-0.39, 0.29) is 11.9 Å². The highest BCUT2D eigenvalue weighted by Gasteiger charge is 2.14. The van der Waals surface area contributed by atoms with Crippen molar-refractivity contribution in [2.45, 2.75) is 6.54 Å². The monoisotopic (exact) mass is 387 g/mol. The average molecular weight is 388 g/mol. The number of carbonyl (C=O) groups excluding carboxylic acids is 1. The van der Waals surface area contributed by atoms with Crippen LogP contribution in [0.5, 0.6) is 11.8 Å². The molecule has 0 aliphatic rings. The van der Waals surface area contributed by atoms with E-state index >= 15 is 0 Å². The van der Waals surface area contributed by atoms with Gasteiger partial charge in [-0.05, 0) is 48.0 Å². The second-order valence-corrected chi connectivity index (χ2v) is 6.40. The van der Waals surface area contributed by atoms with Gasteiger partial charge in [0.2, 0.25) is 0 Å². The van der Waals surface area contributed by atoms with Gasteiger partial charge in [-0.3, -0.25) is 4.79 Å². The van der Waals surface area contributed by atoms with Crippen LogP contribution in [0.15, 0.2) is 60.9 Å². The van der Waals surface area contributed by atoms with Gasteiger partial charge in [-0.15, -0.1) is 0 Å². The lowest BCUT2D eigenvalue weighted by molar-refractivity contribution is 0.0785. The van der Waals surface area contributed by atoms with Crippen molar-refractivity contribution in [2.75, 3.05) is 7.05 Å². The maximum absolute atomic E-state index is 12.6. The first kappa shape index (κ1) is 18.2. The Balaban J connectivity index is 1.67. The van der Waals surface area contributed by atoms with Crippen molar-refractivity contribution in [3.63, 3.8) is 0 Å². The number of carbonyl (C=O) groups is 1. The minimum Gasteiger partial charge on any atom is -0.424 e. The van der Waals surface area contributed by atoms with Gasteiger partial charge in [0.15, 0.2) is 0 Å². The number of rotatable bonds is 5. The van der Waals surface area contributed by atoms with E-state index in [2.05, 4.69) is 9.97 Å². The Bertz CT molecular complexity index is 902. The molecule has 5 nitrogen and oxygen atoms in total. The Hall–Kier alpha value is -2.63. The summed E-state index contributed by atoms with van der Waals surface area (Å²) < 4.78 is 5.52. The Morgan fingerprint density at radius 1 is 1.08 bits per heavy atom. The molecule has 0 bridgehead atoms. The maximum atomic E-state index is 12.6. The van der Waals surface area contributed by atoms with E-state index in [0.29, 0.717) is 27.9 Å². The smallest absolute Gasteiger partial charge is 0.321 e. The fraction of sp³-hybridized carbons (Fsp3) is 0.105. The number of amides is 1. The highest BCUT2D eigenvalue weighted by Crippen LogP contribution is 2.23. The van der Waals surface area contributed by atoms with Crippen molar-refractivity contribution >= 4 is 29.1 Å². The van der Waals surface area contributed by atoms with Crippen LogP contribution in [0.2, 0.25) is 10.0 Å². The molecule has 0 unspecified atom stereocenters. The number of halogens is 2. The molecule has 1 amide bonds. The van der Waals surface area contributed by atoms with Crippen LogP contribution in [0.25, 0.3) is 0 Å². The Kier molecular flexibility index (Phi) is 5.71. The lowest BCUT2D eigenvalue weighted by Gasteiger charge is -2.18. The van der Waals surface area contributed by atoms with E-state index in [4.69, 9.17) is 27.9 Å². The number of nitrogens with zero attached hydrogens (tertiary/aromatic N) is 3. The second kappa shape index (κ2) is 8.17. The summed E-state index contributed by atoms with van der Waals surface area (Å²) in [6, 6.07) is 14.0. The molecule has 0 N–H and O–H groups in total. The molecule has 0 aliphatic heterocycles. The number of ether oxygens (including phenoxy) is 1. The largest absolute Gasteiger partial charge is 0.424 e. The summed E-state index contributed by atoms with van der Waals surface area (Å²) in [6.45, 7) is 0.380. The molecule has 1 heterocycles. The number of aromatic nitrogens is 2. The predicted molar refractivity (Wildman–Crippen MR) is 101 cm³/mol. The highest BCUT2D eigenvalue weighted by atomic mass is 35.5. The van der Waals surface area contributed by atoms with E-state index in [1.165, 1.54) is 0 Å². The molecule has 0 radical (unpaired) electrons. The summed E-state index contributed by atoms with van der Waals surface area (Å²) in [5, 5.41) is 1.09. The number of benzene rings is 2. The third kappa shape index (κ3) is 4.50. The lowest BCUT2D eigenvalue weighted by atomic mass is 10.1. The molecule has 0 saturated heterocycles. The summed E-state index contributed by atoms with van der Waals surface area (Å²) >= 11 is 12.1. The zero-order valence-corrected chi connectivity index (χ0v) is 15.4. The Morgan fingerprint density at radius 3 is 2.42 bits per heavy atom. The third-order valence-electron chi connectivity index (χ3n) is 3.62. The molecule has 3 rings (SSSR count). The zero-order chi connectivity index (χ0) is 18.5. The predicted octanol–water partition coefficient (Wildman–Crippen LogP) is 4.85. The molecule has 0 atom stereocenters. The SMILES string of the molecule is CN(Cc1ccc(Cl)cc1Cl)C(=O)c1ccc(Oc2ncccn2)cc1. The summed E-state index contributed by atoms with van der Waals surface area (Å²) in [4.78, 5) is 22.2. The van der Waals surface area contributed by atoms with E-state index in [0.717, 1.165) is 5.56 Å². The normalized spacial score (nSPS) is 10.4. The molecule has 0 aliphatic carbocycles. The van der Waals surface area contributed by atoms with Crippen LogP contribution in [-0.2, 0) is 6.54 Å². The molecule has 26 heavy (non-hydrogen) atoms. The fourth-order valence-corrected chi connectivity index (χ4v) is 2.77. The molecule has 0 saturated carbocycles. The highest BCUT2D eigenvalue weighted by molar-refractivity contribution is 6.35. The van der Waals surface area contributed by atoms with Gasteiger partial charge in [0.25, 0.3) is 5.91 Å². The van der Waals surface area contributed by atoms with Crippen molar-refractivity contribution < 1.29 is 9.53 Å². The molecule has 132 valence electrons. The summed E-state index contributed by atoms with van der Waals surface area (Å²) in [5.41, 5.74) is 1.37. The maximum Gasteiger partial charge on any atom is 0.321 e. The van der Waals surface area contributed by atoms with Crippen molar-refractivity contribution in [3.05, 3.63) is 82.1 Å². The van der Waals surface area contributed by atoms with E-state index in [1.807, 2.05) is 6.07 Å². The molecule has 0 fully saturated rings. The van der Waals surface area contributed by atoms with Crippen LogP contribution < -0.4 is 4.74 Å². The van der Waals surface area contributed by atoms with Crippen molar-refractivity contribution in [3.8, 4) is 11.8 Å². The molecular weight excluding hydrogens is 373 g/mol. The minimum atomic E-state index is -0.126. The van der Waals surface area contributed by atoms with Crippen LogP contribution in [0.1, 0.15) is 15.9 Å². The van der Waals surface area contributed by atoms with E-state index < -0.39 is 0 Å². The molecule has 0 spiro atoms. The lowest BCUT2D eigenvalue weighted by Crippen LogP contribution is -2.26. The van der Waals surface area contributed by atoms with Crippen molar-refractivity contribution in [2.24, 2.45) is 0 Å². The summed E-state index contributed by atoms with van der Waals surface area (Å²) in [6.07, 6.45) is 3.19. The molecule has 3 aromatic rings. The average Bonchev–Trinajstić information content (AvgIpc) is 2.65.